The topological polar surface area (TPSA) is 35.2 Å². The van der Waals surface area contributed by atoms with Crippen LogP contribution in [0.1, 0.15) is 0 Å². The summed E-state index contributed by atoms with van der Waals surface area (Å²) in [5.74, 6) is 0.711. The SMILES string of the molecule is COc1cccc(N)c1S. The molecule has 0 bridgehead atoms. The molecule has 0 spiro atoms. The van der Waals surface area contributed by atoms with Crippen molar-refractivity contribution < 1.29 is 4.74 Å². The largest absolute Gasteiger partial charge is 0.496 e. The van der Waals surface area contributed by atoms with Gasteiger partial charge in [0.2, 0.25) is 0 Å². The van der Waals surface area contributed by atoms with Crippen molar-refractivity contribution in [1.29, 1.82) is 0 Å². The van der Waals surface area contributed by atoms with Gasteiger partial charge in [0.05, 0.1) is 12.0 Å². The number of methoxy groups -OCH3 is 1. The summed E-state index contributed by atoms with van der Waals surface area (Å²) >= 11 is 4.14. The van der Waals surface area contributed by atoms with E-state index in [4.69, 9.17) is 10.5 Å². The Bertz CT molecular complexity index is 237. The lowest BCUT2D eigenvalue weighted by Crippen LogP contribution is -1.90. The maximum atomic E-state index is 5.54. The number of ether oxygens (including phenoxy) is 1. The van der Waals surface area contributed by atoms with E-state index in [1.807, 2.05) is 12.1 Å². The van der Waals surface area contributed by atoms with E-state index in [1.165, 1.54) is 0 Å². The minimum absolute atomic E-state index is 0.641. The molecule has 10 heavy (non-hydrogen) atoms. The molecule has 54 valence electrons. The summed E-state index contributed by atoms with van der Waals surface area (Å²) < 4.78 is 4.97. The van der Waals surface area contributed by atoms with E-state index in [2.05, 4.69) is 12.6 Å². The fourth-order valence-corrected chi connectivity index (χ4v) is 0.944. The Kier molecular flexibility index (Phi) is 2.06. The lowest BCUT2D eigenvalue weighted by atomic mass is 10.3. The second kappa shape index (κ2) is 2.84. The third kappa shape index (κ3) is 1.19. The molecular formula is C7H9NOS. The first-order chi connectivity index (χ1) is 4.75. The zero-order chi connectivity index (χ0) is 7.56. The van der Waals surface area contributed by atoms with Gasteiger partial charge in [-0.15, -0.1) is 12.6 Å². The van der Waals surface area contributed by atoms with E-state index >= 15 is 0 Å². The van der Waals surface area contributed by atoms with Crippen LogP contribution in [0.4, 0.5) is 5.69 Å². The molecule has 2 N–H and O–H groups in total. The van der Waals surface area contributed by atoms with Crippen molar-refractivity contribution in [3.63, 3.8) is 0 Å². The van der Waals surface area contributed by atoms with Gasteiger partial charge in [-0.25, -0.2) is 0 Å². The van der Waals surface area contributed by atoms with Crippen LogP contribution >= 0.6 is 12.6 Å². The second-order valence-electron chi connectivity index (χ2n) is 1.90. The van der Waals surface area contributed by atoms with Gasteiger partial charge in [0.25, 0.3) is 0 Å². The molecule has 0 unspecified atom stereocenters. The summed E-state index contributed by atoms with van der Waals surface area (Å²) in [6.45, 7) is 0. The molecule has 0 saturated carbocycles. The summed E-state index contributed by atoms with van der Waals surface area (Å²) in [6.07, 6.45) is 0. The van der Waals surface area contributed by atoms with Crippen LogP contribution in [0.25, 0.3) is 0 Å². The maximum absolute atomic E-state index is 5.54. The molecule has 0 aliphatic carbocycles. The highest BCUT2D eigenvalue weighted by Gasteiger charge is 1.99. The fraction of sp³-hybridized carbons (Fsp3) is 0.143. The summed E-state index contributed by atoms with van der Waals surface area (Å²) in [6, 6.07) is 5.43. The minimum Gasteiger partial charge on any atom is -0.496 e. The number of thiol groups is 1. The van der Waals surface area contributed by atoms with Crippen LogP contribution in [0.5, 0.6) is 5.75 Å². The smallest absolute Gasteiger partial charge is 0.134 e. The molecule has 3 heteroatoms. The number of anilines is 1. The molecule has 0 aliphatic heterocycles. The van der Waals surface area contributed by atoms with E-state index in [0.29, 0.717) is 16.3 Å². The number of nitrogens with two attached hydrogens (primary N) is 1. The highest BCUT2D eigenvalue weighted by atomic mass is 32.1. The number of rotatable bonds is 1. The summed E-state index contributed by atoms with van der Waals surface area (Å²) in [5.41, 5.74) is 6.18. The van der Waals surface area contributed by atoms with Crippen LogP contribution < -0.4 is 10.5 Å². The van der Waals surface area contributed by atoms with Gasteiger partial charge in [0, 0.05) is 5.69 Å². The Hall–Kier alpha value is -0.830. The Morgan fingerprint density at radius 1 is 1.50 bits per heavy atom. The number of hydrogen-bond acceptors (Lipinski definition) is 3. The molecular weight excluding hydrogens is 146 g/mol. The maximum Gasteiger partial charge on any atom is 0.134 e. The van der Waals surface area contributed by atoms with Crippen LogP contribution in [-0.4, -0.2) is 7.11 Å². The monoisotopic (exact) mass is 155 g/mol. The third-order valence-corrected chi connectivity index (χ3v) is 1.73. The van der Waals surface area contributed by atoms with E-state index in [0.717, 1.165) is 0 Å². The van der Waals surface area contributed by atoms with Crippen LogP contribution in [0.3, 0.4) is 0 Å². The minimum atomic E-state index is 0.641. The second-order valence-corrected chi connectivity index (χ2v) is 2.35. The van der Waals surface area contributed by atoms with Crippen LogP contribution in [-0.2, 0) is 0 Å². The van der Waals surface area contributed by atoms with E-state index in [9.17, 15) is 0 Å². The molecule has 0 aromatic heterocycles. The highest BCUT2D eigenvalue weighted by molar-refractivity contribution is 7.80. The number of nitrogen functional groups attached to an aromatic ring is 1. The van der Waals surface area contributed by atoms with Crippen molar-refractivity contribution in [3.05, 3.63) is 18.2 Å². The van der Waals surface area contributed by atoms with Gasteiger partial charge in [-0.2, -0.15) is 0 Å². The first kappa shape index (κ1) is 7.28. The van der Waals surface area contributed by atoms with Gasteiger partial charge >= 0.3 is 0 Å². The lowest BCUT2D eigenvalue weighted by Gasteiger charge is -2.04. The summed E-state index contributed by atoms with van der Waals surface area (Å²) in [4.78, 5) is 0.699. The summed E-state index contributed by atoms with van der Waals surface area (Å²) in [7, 11) is 1.59. The van der Waals surface area contributed by atoms with Crippen LogP contribution in [0.2, 0.25) is 0 Å². The van der Waals surface area contributed by atoms with Gasteiger partial charge in [-0.1, -0.05) is 6.07 Å². The van der Waals surface area contributed by atoms with Crippen molar-refractivity contribution in [2.75, 3.05) is 12.8 Å². The molecule has 1 aromatic rings. The van der Waals surface area contributed by atoms with Gasteiger partial charge in [0.1, 0.15) is 5.75 Å². The van der Waals surface area contributed by atoms with E-state index in [1.54, 1.807) is 13.2 Å². The highest BCUT2D eigenvalue weighted by Crippen LogP contribution is 2.26. The number of benzene rings is 1. The van der Waals surface area contributed by atoms with E-state index < -0.39 is 0 Å². The van der Waals surface area contributed by atoms with Crippen molar-refractivity contribution in [3.8, 4) is 5.75 Å². The Labute approximate surface area is 65.4 Å². The molecule has 1 rings (SSSR count). The Morgan fingerprint density at radius 3 is 2.70 bits per heavy atom. The van der Waals surface area contributed by atoms with Crippen LogP contribution in [0.15, 0.2) is 23.1 Å². The van der Waals surface area contributed by atoms with Gasteiger partial charge in [-0.05, 0) is 12.1 Å². The lowest BCUT2D eigenvalue weighted by molar-refractivity contribution is 0.405. The average molecular weight is 155 g/mol. The van der Waals surface area contributed by atoms with Crippen molar-refractivity contribution >= 4 is 18.3 Å². The first-order valence-electron chi connectivity index (χ1n) is 2.87. The number of hydrogen-bond donors (Lipinski definition) is 2. The molecule has 0 saturated heterocycles. The van der Waals surface area contributed by atoms with E-state index in [-0.39, 0.29) is 0 Å². The Morgan fingerprint density at radius 2 is 2.20 bits per heavy atom. The molecule has 2 nitrogen and oxygen atoms in total. The zero-order valence-electron chi connectivity index (χ0n) is 5.66. The average Bonchev–Trinajstić information content (AvgIpc) is 1.95. The summed E-state index contributed by atoms with van der Waals surface area (Å²) in [5, 5.41) is 0. The molecule has 0 aliphatic rings. The van der Waals surface area contributed by atoms with Crippen LogP contribution in [0, 0.1) is 0 Å². The quantitative estimate of drug-likeness (QED) is 0.477. The first-order valence-corrected chi connectivity index (χ1v) is 3.32. The predicted molar refractivity (Wildman–Crippen MR) is 44.7 cm³/mol. The molecule has 1 aromatic carbocycles. The van der Waals surface area contributed by atoms with Crippen molar-refractivity contribution in [2.24, 2.45) is 0 Å². The fourth-order valence-electron chi connectivity index (χ4n) is 0.704. The van der Waals surface area contributed by atoms with Gasteiger partial charge < -0.3 is 10.5 Å². The molecule has 0 radical (unpaired) electrons. The Balaban J connectivity index is 3.14. The predicted octanol–water partition coefficient (Wildman–Crippen LogP) is 1.57. The molecule has 0 atom stereocenters. The third-order valence-electron chi connectivity index (χ3n) is 1.25. The van der Waals surface area contributed by atoms with Gasteiger partial charge in [0.15, 0.2) is 0 Å². The van der Waals surface area contributed by atoms with Crippen molar-refractivity contribution in [1.82, 2.24) is 0 Å². The molecule has 0 amide bonds. The normalized spacial score (nSPS) is 9.40. The molecule has 0 fully saturated rings. The standard InChI is InChI=1S/C7H9NOS/c1-9-6-4-2-3-5(8)7(6)10/h2-4,10H,8H2,1H3. The zero-order valence-corrected chi connectivity index (χ0v) is 6.56. The van der Waals surface area contributed by atoms with Crippen molar-refractivity contribution in [2.45, 2.75) is 4.90 Å². The molecule has 0 heterocycles. The van der Waals surface area contributed by atoms with Gasteiger partial charge in [-0.3, -0.25) is 0 Å².